The highest BCUT2D eigenvalue weighted by Gasteiger charge is 2.29. The first-order valence-corrected chi connectivity index (χ1v) is 9.05. The van der Waals surface area contributed by atoms with Gasteiger partial charge in [-0.1, -0.05) is 24.3 Å². The van der Waals surface area contributed by atoms with Crippen LogP contribution in [0.25, 0.3) is 10.9 Å². The Morgan fingerprint density at radius 3 is 2.54 bits per heavy atom. The van der Waals surface area contributed by atoms with Crippen molar-refractivity contribution in [1.82, 2.24) is 19.8 Å². The molecule has 1 N–H and O–H groups in total. The Morgan fingerprint density at radius 1 is 1.00 bits per heavy atom. The molecule has 1 unspecified atom stereocenters. The van der Waals surface area contributed by atoms with Crippen LogP contribution in [-0.4, -0.2) is 58.1 Å². The number of nitrogens with zero attached hydrogens (tertiary/aromatic N) is 4. The topological polar surface area (TPSA) is 52.5 Å². The maximum atomic E-state index is 11.0. The lowest BCUT2D eigenvalue weighted by Crippen LogP contribution is -2.46. The van der Waals surface area contributed by atoms with Gasteiger partial charge in [0.1, 0.15) is 11.3 Å². The molecule has 1 fully saturated rings. The number of hydrogen-bond donors (Lipinski definition) is 1. The Hall–Kier alpha value is -2.50. The number of hydrogen-bond acceptors (Lipinski definition) is 5. The van der Waals surface area contributed by atoms with E-state index in [0.717, 1.165) is 48.4 Å². The second-order valence-electron chi connectivity index (χ2n) is 7.08. The van der Waals surface area contributed by atoms with E-state index in [2.05, 4.69) is 38.9 Å². The van der Waals surface area contributed by atoms with Gasteiger partial charge in [-0.25, -0.2) is 0 Å². The number of piperazine rings is 1. The zero-order valence-electron chi connectivity index (χ0n) is 15.3. The van der Waals surface area contributed by atoms with Gasteiger partial charge < -0.3 is 10.0 Å². The van der Waals surface area contributed by atoms with Crippen LogP contribution in [0, 0.1) is 6.92 Å². The number of fused-ring (bicyclic) bond motifs is 1. The molecule has 26 heavy (non-hydrogen) atoms. The zero-order chi connectivity index (χ0) is 18.1. The van der Waals surface area contributed by atoms with E-state index in [0.29, 0.717) is 5.52 Å². The van der Waals surface area contributed by atoms with Gasteiger partial charge in [-0.15, -0.1) is 0 Å². The minimum Gasteiger partial charge on any atom is -0.505 e. The van der Waals surface area contributed by atoms with Crippen LogP contribution in [0.15, 0.2) is 48.8 Å². The molecule has 1 aliphatic rings. The first-order chi connectivity index (χ1) is 12.6. The maximum Gasteiger partial charge on any atom is 0.146 e. The molecule has 3 heterocycles. The van der Waals surface area contributed by atoms with Crippen molar-refractivity contribution in [3.8, 4) is 5.75 Å². The van der Waals surface area contributed by atoms with Crippen molar-refractivity contribution in [3.63, 3.8) is 0 Å². The molecule has 3 aromatic rings. The summed E-state index contributed by atoms with van der Waals surface area (Å²) in [4.78, 5) is 13.8. The lowest BCUT2D eigenvalue weighted by molar-refractivity contribution is 0.124. The third kappa shape index (κ3) is 3.16. The standard InChI is InChI=1S/C21H24N4O/c1-15-5-8-18(23-14-15)20(25-12-10-24(2)11-13-25)17-7-6-16-4-3-9-22-19(16)21(17)26/h3-9,14,20,26H,10-13H2,1-2H3. The molecule has 0 aliphatic carbocycles. The predicted octanol–water partition coefficient (Wildman–Crippen LogP) is 2.98. The van der Waals surface area contributed by atoms with E-state index in [1.807, 2.05) is 37.4 Å². The van der Waals surface area contributed by atoms with Crippen LogP contribution < -0.4 is 0 Å². The first-order valence-electron chi connectivity index (χ1n) is 9.05. The number of phenolic OH excluding ortho intramolecular Hbond substituents is 1. The molecule has 1 aromatic carbocycles. The molecule has 0 amide bonds. The average molecular weight is 348 g/mol. The van der Waals surface area contributed by atoms with Crippen molar-refractivity contribution >= 4 is 10.9 Å². The lowest BCUT2D eigenvalue weighted by atomic mass is 9.97. The summed E-state index contributed by atoms with van der Waals surface area (Å²) in [6.45, 7) is 5.94. The molecule has 0 spiro atoms. The number of pyridine rings is 2. The van der Waals surface area contributed by atoms with E-state index in [-0.39, 0.29) is 11.8 Å². The third-order valence-corrected chi connectivity index (χ3v) is 5.19. The van der Waals surface area contributed by atoms with E-state index < -0.39 is 0 Å². The molecule has 4 rings (SSSR count). The Morgan fingerprint density at radius 2 is 1.81 bits per heavy atom. The van der Waals surface area contributed by atoms with Crippen LogP contribution in [0.1, 0.15) is 22.9 Å². The van der Waals surface area contributed by atoms with Crippen molar-refractivity contribution in [3.05, 3.63) is 65.6 Å². The number of aromatic hydroxyl groups is 1. The molecule has 0 saturated carbocycles. The van der Waals surface area contributed by atoms with Crippen molar-refractivity contribution in [1.29, 1.82) is 0 Å². The highest BCUT2D eigenvalue weighted by atomic mass is 16.3. The maximum absolute atomic E-state index is 11.0. The van der Waals surface area contributed by atoms with Gasteiger partial charge in [-0.2, -0.15) is 0 Å². The van der Waals surface area contributed by atoms with Crippen LogP contribution in [0.3, 0.4) is 0 Å². The molecular formula is C21H24N4O. The smallest absolute Gasteiger partial charge is 0.146 e. The van der Waals surface area contributed by atoms with Gasteiger partial charge in [-0.3, -0.25) is 14.9 Å². The van der Waals surface area contributed by atoms with E-state index in [1.165, 1.54) is 0 Å². The molecular weight excluding hydrogens is 324 g/mol. The van der Waals surface area contributed by atoms with Crippen LogP contribution in [-0.2, 0) is 0 Å². The molecule has 1 saturated heterocycles. The molecule has 1 aliphatic heterocycles. The van der Waals surface area contributed by atoms with Gasteiger partial charge in [0.15, 0.2) is 0 Å². The second-order valence-corrected chi connectivity index (χ2v) is 7.08. The van der Waals surface area contributed by atoms with Gasteiger partial charge in [-0.05, 0) is 31.7 Å². The Labute approximate surface area is 153 Å². The number of rotatable bonds is 3. The van der Waals surface area contributed by atoms with Crippen molar-refractivity contribution in [2.75, 3.05) is 33.2 Å². The van der Waals surface area contributed by atoms with Crippen LogP contribution in [0.4, 0.5) is 0 Å². The minimum absolute atomic E-state index is 0.0734. The second kappa shape index (κ2) is 7.02. The number of benzene rings is 1. The average Bonchev–Trinajstić information content (AvgIpc) is 2.67. The fourth-order valence-electron chi connectivity index (χ4n) is 3.63. The third-order valence-electron chi connectivity index (χ3n) is 5.19. The van der Waals surface area contributed by atoms with E-state index >= 15 is 0 Å². The molecule has 0 radical (unpaired) electrons. The molecule has 134 valence electrons. The van der Waals surface area contributed by atoms with Gasteiger partial charge in [0.2, 0.25) is 0 Å². The summed E-state index contributed by atoms with van der Waals surface area (Å²) in [7, 11) is 2.15. The molecule has 0 bridgehead atoms. The fraction of sp³-hybridized carbons (Fsp3) is 0.333. The fourth-order valence-corrected chi connectivity index (χ4v) is 3.63. The quantitative estimate of drug-likeness (QED) is 0.789. The highest BCUT2D eigenvalue weighted by molar-refractivity contribution is 5.85. The highest BCUT2D eigenvalue weighted by Crippen LogP contribution is 2.37. The largest absolute Gasteiger partial charge is 0.505 e. The summed E-state index contributed by atoms with van der Waals surface area (Å²) in [5, 5.41) is 11.9. The predicted molar refractivity (Wildman–Crippen MR) is 103 cm³/mol. The summed E-state index contributed by atoms with van der Waals surface area (Å²) in [5.74, 6) is 0.259. The van der Waals surface area contributed by atoms with Crippen LogP contribution in [0.5, 0.6) is 5.75 Å². The molecule has 1 atom stereocenters. The SMILES string of the molecule is Cc1ccc(C(c2ccc3cccnc3c2O)N2CCN(C)CC2)nc1. The number of phenols is 1. The summed E-state index contributed by atoms with van der Waals surface area (Å²) >= 11 is 0. The Bertz CT molecular complexity index is 902. The normalized spacial score (nSPS) is 17.5. The Balaban J connectivity index is 1.82. The van der Waals surface area contributed by atoms with E-state index in [1.54, 1.807) is 6.20 Å². The summed E-state index contributed by atoms with van der Waals surface area (Å²) in [6.07, 6.45) is 3.62. The zero-order valence-corrected chi connectivity index (χ0v) is 15.3. The monoisotopic (exact) mass is 348 g/mol. The summed E-state index contributed by atoms with van der Waals surface area (Å²) in [5.41, 5.74) is 3.62. The number of likely N-dealkylation sites (N-methyl/N-ethyl adjacent to an activating group) is 1. The van der Waals surface area contributed by atoms with Crippen LogP contribution in [0.2, 0.25) is 0 Å². The number of aryl methyl sites for hydroxylation is 1. The van der Waals surface area contributed by atoms with Gasteiger partial charge in [0.25, 0.3) is 0 Å². The van der Waals surface area contributed by atoms with Crippen molar-refractivity contribution < 1.29 is 5.11 Å². The summed E-state index contributed by atoms with van der Waals surface area (Å²) in [6, 6.07) is 12.0. The van der Waals surface area contributed by atoms with Crippen molar-refractivity contribution in [2.24, 2.45) is 0 Å². The Kier molecular flexibility index (Phi) is 4.57. The lowest BCUT2D eigenvalue weighted by Gasteiger charge is -2.38. The van der Waals surface area contributed by atoms with E-state index in [4.69, 9.17) is 0 Å². The molecule has 5 heteroatoms. The van der Waals surface area contributed by atoms with Gasteiger partial charge >= 0.3 is 0 Å². The first kappa shape index (κ1) is 16.9. The van der Waals surface area contributed by atoms with Gasteiger partial charge in [0, 0.05) is 49.5 Å². The van der Waals surface area contributed by atoms with E-state index in [9.17, 15) is 5.11 Å². The minimum atomic E-state index is -0.0734. The summed E-state index contributed by atoms with van der Waals surface area (Å²) < 4.78 is 0. The number of aromatic nitrogens is 2. The molecule has 5 nitrogen and oxygen atoms in total. The van der Waals surface area contributed by atoms with Gasteiger partial charge in [0.05, 0.1) is 11.7 Å². The molecule has 2 aromatic heterocycles. The van der Waals surface area contributed by atoms with Crippen LogP contribution >= 0.6 is 0 Å². The van der Waals surface area contributed by atoms with Crippen molar-refractivity contribution in [2.45, 2.75) is 13.0 Å².